The predicted octanol–water partition coefficient (Wildman–Crippen LogP) is 6.61. The highest BCUT2D eigenvalue weighted by atomic mass is 16.5. The molecule has 0 saturated carbocycles. The molecule has 4 aliphatic rings. The quantitative estimate of drug-likeness (QED) is 0.0435. The normalized spacial score (nSPS) is 18.0. The highest BCUT2D eigenvalue weighted by molar-refractivity contribution is 5.94. The highest BCUT2D eigenvalue weighted by Gasteiger charge is 2.31. The van der Waals surface area contributed by atoms with Gasteiger partial charge >= 0.3 is 5.97 Å². The molecule has 0 bridgehead atoms. The summed E-state index contributed by atoms with van der Waals surface area (Å²) in [5.41, 5.74) is 7.10. The third kappa shape index (κ3) is 16.4. The summed E-state index contributed by atoms with van der Waals surface area (Å²) in [5.74, 6) is 1.81. The van der Waals surface area contributed by atoms with Crippen molar-refractivity contribution in [2.24, 2.45) is 5.92 Å². The number of anilines is 2. The molecule has 3 atom stereocenters. The fourth-order valence-corrected chi connectivity index (χ4v) is 11.2. The lowest BCUT2D eigenvalue weighted by molar-refractivity contribution is -0.141. The van der Waals surface area contributed by atoms with Crippen LogP contribution in [0.1, 0.15) is 118 Å². The molecule has 0 radical (unpaired) electrons. The van der Waals surface area contributed by atoms with Crippen LogP contribution < -0.4 is 19.9 Å². The number of methoxy groups -OCH3 is 1. The summed E-state index contributed by atoms with van der Waals surface area (Å²) in [6.45, 7) is 11.8. The first-order valence-corrected chi connectivity index (χ1v) is 27.9. The predicted molar refractivity (Wildman–Crippen MR) is 295 cm³/mol. The van der Waals surface area contributed by atoms with Crippen LogP contribution in [-0.4, -0.2) is 163 Å². The summed E-state index contributed by atoms with van der Waals surface area (Å²) in [5, 5.41) is 17.0. The molecule has 17 heteroatoms. The van der Waals surface area contributed by atoms with Crippen LogP contribution in [0.5, 0.6) is 5.75 Å². The number of carbonyl (C=O) groups excluding carboxylic acids is 5. The first kappa shape index (κ1) is 57.5. The van der Waals surface area contributed by atoms with E-state index in [0.29, 0.717) is 76.6 Å². The SMILES string of the molecule is CNCCCCCC(=O)N1CCCC1CO.COC(=O)CC(CN1CCC(CCc2ccc3c(n2)N(C(=O)COc2ccccc2)CCC3)C1)c1cc(N2CCN(C(=O)CCCC=O)CC2)cc(-n2nc(C)cc2C)c1. The number of nitrogens with one attached hydrogen (secondary N) is 1. The summed E-state index contributed by atoms with van der Waals surface area (Å²) < 4.78 is 13.0. The van der Waals surface area contributed by atoms with Crippen molar-refractivity contribution in [2.75, 3.05) is 103 Å². The largest absolute Gasteiger partial charge is 0.484 e. The second-order valence-corrected chi connectivity index (χ2v) is 21.0. The fraction of sp³-hybridized carbons (Fsp3) is 0.576. The van der Waals surface area contributed by atoms with Gasteiger partial charge in [-0.25, -0.2) is 9.67 Å². The van der Waals surface area contributed by atoms with Gasteiger partial charge in [0.1, 0.15) is 17.9 Å². The highest BCUT2D eigenvalue weighted by Crippen LogP contribution is 2.33. The number of rotatable bonds is 24. The number of para-hydroxylation sites is 1. The zero-order chi connectivity index (χ0) is 53.8. The van der Waals surface area contributed by atoms with Gasteiger partial charge in [0, 0.05) is 94.6 Å². The number of aryl methyl sites for hydroxylation is 4. The van der Waals surface area contributed by atoms with E-state index in [1.807, 2.05) is 58.8 Å². The molecule has 8 rings (SSSR count). The number of piperazine rings is 1. The van der Waals surface area contributed by atoms with E-state index in [0.717, 1.165) is 142 Å². The summed E-state index contributed by atoms with van der Waals surface area (Å²) in [4.78, 5) is 77.1. The van der Waals surface area contributed by atoms with Gasteiger partial charge in [-0.05, 0) is 158 Å². The van der Waals surface area contributed by atoms with Crippen LogP contribution in [-0.2, 0) is 41.6 Å². The van der Waals surface area contributed by atoms with E-state index in [4.69, 9.17) is 24.7 Å². The van der Waals surface area contributed by atoms with Crippen LogP contribution in [0.15, 0.2) is 66.7 Å². The molecule has 4 aliphatic heterocycles. The number of fused-ring (bicyclic) bond motifs is 1. The van der Waals surface area contributed by atoms with Crippen molar-refractivity contribution in [1.82, 2.24) is 34.8 Å². The molecule has 3 unspecified atom stereocenters. The molecule has 3 saturated heterocycles. The van der Waals surface area contributed by atoms with Crippen LogP contribution in [0.2, 0.25) is 0 Å². The van der Waals surface area contributed by atoms with Crippen LogP contribution >= 0.6 is 0 Å². The number of aromatic nitrogens is 3. The summed E-state index contributed by atoms with van der Waals surface area (Å²) >= 11 is 0. The van der Waals surface area contributed by atoms with Crippen molar-refractivity contribution in [3.05, 3.63) is 94.9 Å². The van der Waals surface area contributed by atoms with Gasteiger partial charge in [-0.1, -0.05) is 30.7 Å². The zero-order valence-corrected chi connectivity index (χ0v) is 45.6. The van der Waals surface area contributed by atoms with Gasteiger partial charge in [0.2, 0.25) is 11.8 Å². The number of aldehydes is 1. The van der Waals surface area contributed by atoms with E-state index in [1.54, 1.807) is 4.90 Å². The van der Waals surface area contributed by atoms with Gasteiger partial charge in [0.15, 0.2) is 6.61 Å². The number of pyridine rings is 1. The molecule has 3 fully saturated rings. The molecular formula is C59H83N9O8. The molecule has 2 aromatic carbocycles. The Bertz CT molecular complexity index is 2510. The Labute approximate surface area is 450 Å². The smallest absolute Gasteiger partial charge is 0.306 e. The number of ether oxygens (including phenoxy) is 2. The van der Waals surface area contributed by atoms with Gasteiger partial charge in [-0.2, -0.15) is 5.10 Å². The van der Waals surface area contributed by atoms with E-state index in [-0.39, 0.29) is 55.3 Å². The van der Waals surface area contributed by atoms with E-state index >= 15 is 0 Å². The topological polar surface area (TPSA) is 183 Å². The molecule has 2 aromatic heterocycles. The number of carbonyl (C=O) groups is 5. The zero-order valence-electron chi connectivity index (χ0n) is 45.6. The Morgan fingerprint density at radius 3 is 2.37 bits per heavy atom. The van der Waals surface area contributed by atoms with Gasteiger partial charge in [-0.15, -0.1) is 0 Å². The first-order valence-electron chi connectivity index (χ1n) is 27.9. The Balaban J connectivity index is 0.000000450. The fourth-order valence-electron chi connectivity index (χ4n) is 11.2. The second kappa shape index (κ2) is 29.4. The lowest BCUT2D eigenvalue weighted by atomic mass is 9.93. The number of likely N-dealkylation sites (tertiary alicyclic amines) is 2. The van der Waals surface area contributed by atoms with Crippen molar-refractivity contribution in [3.63, 3.8) is 0 Å². The van der Waals surface area contributed by atoms with Gasteiger partial charge in [0.05, 0.1) is 37.6 Å². The molecule has 0 spiro atoms. The van der Waals surface area contributed by atoms with E-state index in [9.17, 15) is 24.0 Å². The molecule has 3 amide bonds. The Morgan fingerprint density at radius 2 is 1.63 bits per heavy atom. The first-order chi connectivity index (χ1) is 37.0. The minimum Gasteiger partial charge on any atom is -0.484 e. The van der Waals surface area contributed by atoms with Crippen LogP contribution in [0.3, 0.4) is 0 Å². The van der Waals surface area contributed by atoms with E-state index in [2.05, 4.69) is 58.4 Å². The van der Waals surface area contributed by atoms with Crippen molar-refractivity contribution in [1.29, 1.82) is 0 Å². The van der Waals surface area contributed by atoms with Crippen molar-refractivity contribution >= 4 is 41.5 Å². The molecule has 412 valence electrons. The number of aliphatic hydroxyl groups is 1. The Kier molecular flexibility index (Phi) is 22.2. The third-order valence-electron chi connectivity index (χ3n) is 15.4. The minimum atomic E-state index is -0.242. The number of unbranched alkanes of at least 4 members (excludes halogenated alkanes) is 3. The van der Waals surface area contributed by atoms with Crippen molar-refractivity contribution in [3.8, 4) is 11.4 Å². The lowest BCUT2D eigenvalue weighted by Crippen LogP contribution is -2.48. The lowest BCUT2D eigenvalue weighted by Gasteiger charge is -2.37. The number of benzene rings is 2. The summed E-state index contributed by atoms with van der Waals surface area (Å²) in [6, 6.07) is 22.4. The molecule has 4 aromatic rings. The number of hydrogen-bond donors (Lipinski definition) is 2. The molecule has 0 aliphatic carbocycles. The Morgan fingerprint density at radius 1 is 0.842 bits per heavy atom. The molecular weight excluding hydrogens is 963 g/mol. The summed E-state index contributed by atoms with van der Waals surface area (Å²) in [7, 11) is 3.40. The third-order valence-corrected chi connectivity index (χ3v) is 15.4. The van der Waals surface area contributed by atoms with Crippen molar-refractivity contribution in [2.45, 2.75) is 122 Å². The minimum absolute atomic E-state index is 0.0252. The van der Waals surface area contributed by atoms with Crippen LogP contribution in [0.25, 0.3) is 5.69 Å². The average Bonchev–Trinajstić information content (AvgIpc) is 4.21. The summed E-state index contributed by atoms with van der Waals surface area (Å²) in [6.07, 6.45) is 13.0. The average molecular weight is 1050 g/mol. The second-order valence-electron chi connectivity index (χ2n) is 21.0. The molecule has 17 nitrogen and oxygen atoms in total. The molecule has 6 heterocycles. The van der Waals surface area contributed by atoms with Crippen molar-refractivity contribution < 1.29 is 38.6 Å². The molecule has 76 heavy (non-hydrogen) atoms. The number of nitrogens with zero attached hydrogens (tertiary/aromatic N) is 8. The van der Waals surface area contributed by atoms with Gasteiger partial charge in [0.25, 0.3) is 5.91 Å². The number of aliphatic hydroxyl groups excluding tert-OH is 1. The van der Waals surface area contributed by atoms with E-state index < -0.39 is 0 Å². The number of hydrogen-bond acceptors (Lipinski definition) is 13. The van der Waals surface area contributed by atoms with E-state index in [1.165, 1.54) is 7.11 Å². The maximum absolute atomic E-state index is 13.3. The van der Waals surface area contributed by atoms with Gasteiger partial charge in [-0.3, -0.25) is 24.1 Å². The maximum atomic E-state index is 13.3. The molecule has 2 N–H and O–H groups in total. The number of amides is 3. The standard InChI is InChI=1S/C47H59N7O6.C12H24N2O2/c1-34-26-35(2)54(49-34)42-28-38(27-41(30-42)51-21-23-52(24-22-51)44(56)13-7-8-25-55)39(29-46(58)59-3)32-50-20-18-36(31-50)14-16-40-17-15-37-10-9-19-53(47(37)48-40)45(57)33-60-43-11-5-4-6-12-43;1-13-8-4-2-3-7-12(16)14-9-5-6-11(14)10-15/h4-6,11-12,15,17,25-28,30,36,39H,7-10,13-14,16,18-24,29,31-33H2,1-3H3;11,13,15H,2-10H2,1H3. The number of esters is 1. The van der Waals surface area contributed by atoms with Crippen LogP contribution in [0.4, 0.5) is 11.5 Å². The monoisotopic (exact) mass is 1050 g/mol. The maximum Gasteiger partial charge on any atom is 0.306 e. The van der Waals surface area contributed by atoms with Crippen LogP contribution in [0, 0.1) is 19.8 Å². The Hall–Kier alpha value is -6.17. The van der Waals surface area contributed by atoms with Gasteiger partial charge < -0.3 is 44.3 Å².